The molecule has 17 heavy (non-hydrogen) atoms. The van der Waals surface area contributed by atoms with E-state index < -0.39 is 10.0 Å². The van der Waals surface area contributed by atoms with Gasteiger partial charge in [0.25, 0.3) is 0 Å². The predicted octanol–water partition coefficient (Wildman–Crippen LogP) is 0.594. The average molecular weight is 320 g/mol. The Hall–Kier alpha value is -0.470. The second-order valence-electron chi connectivity index (χ2n) is 3.86. The molecule has 1 unspecified atom stereocenters. The largest absolute Gasteiger partial charge is 0.257 e. The second kappa shape index (κ2) is 5.45. The molecule has 1 aliphatic rings. The molecule has 5 nitrogen and oxygen atoms in total. The normalized spacial score (nSPS) is 20.6. The van der Waals surface area contributed by atoms with E-state index in [1.807, 2.05) is 0 Å². The van der Waals surface area contributed by atoms with Gasteiger partial charge in [-0.25, -0.2) is 13.1 Å². The number of halogens is 1. The van der Waals surface area contributed by atoms with E-state index >= 15 is 0 Å². The lowest BCUT2D eigenvalue weighted by molar-refractivity contribution is 0.530. The summed E-state index contributed by atoms with van der Waals surface area (Å²) in [4.78, 5) is 0.284. The SMILES string of the molecule is O=S(=O)(NCC1CCNN1)c1ccc(Br)cc1. The smallest absolute Gasteiger partial charge is 0.240 e. The highest BCUT2D eigenvalue weighted by Gasteiger charge is 2.18. The van der Waals surface area contributed by atoms with E-state index in [0.29, 0.717) is 6.54 Å². The van der Waals surface area contributed by atoms with Gasteiger partial charge in [-0.05, 0) is 30.7 Å². The van der Waals surface area contributed by atoms with Crippen LogP contribution in [0.3, 0.4) is 0 Å². The van der Waals surface area contributed by atoms with E-state index in [9.17, 15) is 8.42 Å². The van der Waals surface area contributed by atoms with Gasteiger partial charge < -0.3 is 0 Å². The Kier molecular flexibility index (Phi) is 4.16. The zero-order valence-corrected chi connectivity index (χ0v) is 11.5. The van der Waals surface area contributed by atoms with Crippen molar-refractivity contribution in [3.63, 3.8) is 0 Å². The van der Waals surface area contributed by atoms with Gasteiger partial charge in [0, 0.05) is 23.6 Å². The Morgan fingerprint density at radius 2 is 2.06 bits per heavy atom. The van der Waals surface area contributed by atoms with Crippen LogP contribution in [0.15, 0.2) is 33.6 Å². The number of hydrazine groups is 1. The maximum atomic E-state index is 11.9. The Morgan fingerprint density at radius 1 is 1.35 bits per heavy atom. The number of nitrogens with one attached hydrogen (secondary N) is 3. The van der Waals surface area contributed by atoms with Crippen LogP contribution < -0.4 is 15.6 Å². The molecule has 0 bridgehead atoms. The van der Waals surface area contributed by atoms with E-state index in [1.54, 1.807) is 24.3 Å². The fourth-order valence-electron chi connectivity index (χ4n) is 1.60. The molecule has 3 N–H and O–H groups in total. The van der Waals surface area contributed by atoms with E-state index in [0.717, 1.165) is 17.4 Å². The van der Waals surface area contributed by atoms with E-state index in [-0.39, 0.29) is 10.9 Å². The Morgan fingerprint density at radius 3 is 2.65 bits per heavy atom. The van der Waals surface area contributed by atoms with Gasteiger partial charge in [0.15, 0.2) is 0 Å². The molecule has 2 rings (SSSR count). The number of hydrogen-bond acceptors (Lipinski definition) is 4. The molecule has 1 heterocycles. The lowest BCUT2D eigenvalue weighted by Gasteiger charge is -2.11. The minimum absolute atomic E-state index is 0.153. The topological polar surface area (TPSA) is 70.2 Å². The van der Waals surface area contributed by atoms with Crippen molar-refractivity contribution in [1.29, 1.82) is 0 Å². The zero-order valence-electron chi connectivity index (χ0n) is 9.11. The molecule has 7 heteroatoms. The van der Waals surface area contributed by atoms with Crippen molar-refractivity contribution < 1.29 is 8.42 Å². The summed E-state index contributed by atoms with van der Waals surface area (Å²) in [5.74, 6) is 0. The third-order valence-electron chi connectivity index (χ3n) is 2.57. The molecule has 1 aliphatic heterocycles. The van der Waals surface area contributed by atoms with E-state index in [2.05, 4.69) is 31.5 Å². The first-order valence-electron chi connectivity index (χ1n) is 5.31. The maximum Gasteiger partial charge on any atom is 0.240 e. The molecule has 0 spiro atoms. The van der Waals surface area contributed by atoms with Crippen molar-refractivity contribution in [2.75, 3.05) is 13.1 Å². The third-order valence-corrected chi connectivity index (χ3v) is 4.54. The van der Waals surface area contributed by atoms with Crippen molar-refractivity contribution in [1.82, 2.24) is 15.6 Å². The summed E-state index contributed by atoms with van der Waals surface area (Å²) in [6.07, 6.45) is 0.920. The minimum atomic E-state index is -3.40. The Balaban J connectivity index is 2.00. The lowest BCUT2D eigenvalue weighted by Crippen LogP contribution is -2.39. The van der Waals surface area contributed by atoms with Gasteiger partial charge in [-0.15, -0.1) is 0 Å². The Labute approximate surface area is 109 Å². The summed E-state index contributed by atoms with van der Waals surface area (Å²) in [7, 11) is -3.40. The molecule has 0 aromatic heterocycles. The van der Waals surface area contributed by atoms with Crippen LogP contribution in [-0.2, 0) is 10.0 Å². The summed E-state index contributed by atoms with van der Waals surface area (Å²) in [5, 5.41) is 0. The molecule has 0 saturated carbocycles. The van der Waals surface area contributed by atoms with Crippen LogP contribution in [0.5, 0.6) is 0 Å². The first-order valence-corrected chi connectivity index (χ1v) is 7.59. The van der Waals surface area contributed by atoms with Gasteiger partial charge in [-0.2, -0.15) is 0 Å². The first kappa shape index (κ1) is 13.0. The molecule has 0 radical (unpaired) electrons. The van der Waals surface area contributed by atoms with Gasteiger partial charge in [0.05, 0.1) is 4.90 Å². The maximum absolute atomic E-state index is 11.9. The summed E-state index contributed by atoms with van der Waals surface area (Å²) < 4.78 is 27.3. The van der Waals surface area contributed by atoms with Crippen molar-refractivity contribution in [3.05, 3.63) is 28.7 Å². The van der Waals surface area contributed by atoms with Crippen LogP contribution in [0, 0.1) is 0 Å². The second-order valence-corrected chi connectivity index (χ2v) is 6.55. The van der Waals surface area contributed by atoms with Crippen molar-refractivity contribution in [2.24, 2.45) is 0 Å². The van der Waals surface area contributed by atoms with Gasteiger partial charge in [-0.1, -0.05) is 15.9 Å². The number of hydrogen-bond donors (Lipinski definition) is 3. The quantitative estimate of drug-likeness (QED) is 0.760. The van der Waals surface area contributed by atoms with Crippen LogP contribution >= 0.6 is 15.9 Å². The molecular formula is C10H14BrN3O2S. The summed E-state index contributed by atoms with van der Waals surface area (Å²) in [5.41, 5.74) is 5.97. The lowest BCUT2D eigenvalue weighted by atomic mass is 10.2. The van der Waals surface area contributed by atoms with Crippen LogP contribution in [-0.4, -0.2) is 27.5 Å². The van der Waals surface area contributed by atoms with Crippen LogP contribution in [0.1, 0.15) is 6.42 Å². The molecular weight excluding hydrogens is 306 g/mol. The minimum Gasteiger partial charge on any atom is -0.257 e. The van der Waals surface area contributed by atoms with Crippen molar-refractivity contribution >= 4 is 26.0 Å². The predicted molar refractivity (Wildman–Crippen MR) is 68.9 cm³/mol. The van der Waals surface area contributed by atoms with Gasteiger partial charge >= 0.3 is 0 Å². The highest BCUT2D eigenvalue weighted by atomic mass is 79.9. The van der Waals surface area contributed by atoms with Gasteiger partial charge in [0.1, 0.15) is 0 Å². The molecule has 94 valence electrons. The van der Waals surface area contributed by atoms with Gasteiger partial charge in [-0.3, -0.25) is 10.9 Å². The van der Waals surface area contributed by atoms with Crippen LogP contribution in [0.4, 0.5) is 0 Å². The zero-order chi connectivity index (χ0) is 12.3. The fourth-order valence-corrected chi connectivity index (χ4v) is 2.94. The average Bonchev–Trinajstić information content (AvgIpc) is 2.80. The third kappa shape index (κ3) is 3.49. The molecule has 0 aliphatic carbocycles. The summed E-state index contributed by atoms with van der Waals surface area (Å²) in [6, 6.07) is 6.73. The first-order chi connectivity index (χ1) is 8.08. The van der Waals surface area contributed by atoms with Gasteiger partial charge in [0.2, 0.25) is 10.0 Å². The molecule has 1 atom stereocenters. The molecule has 0 amide bonds. The summed E-state index contributed by atoms with van der Waals surface area (Å²) in [6.45, 7) is 1.26. The molecule has 1 fully saturated rings. The summed E-state index contributed by atoms with van der Waals surface area (Å²) >= 11 is 3.27. The fraction of sp³-hybridized carbons (Fsp3) is 0.400. The highest BCUT2D eigenvalue weighted by Crippen LogP contribution is 2.14. The highest BCUT2D eigenvalue weighted by molar-refractivity contribution is 9.10. The number of benzene rings is 1. The Bertz CT molecular complexity index is 469. The standard InChI is InChI=1S/C10H14BrN3O2S/c11-8-1-3-10(4-2-8)17(15,16)13-7-9-5-6-12-14-9/h1-4,9,12-14H,5-7H2. The van der Waals surface area contributed by atoms with E-state index in [4.69, 9.17) is 0 Å². The molecule has 1 aromatic rings. The van der Waals surface area contributed by atoms with Crippen molar-refractivity contribution in [3.8, 4) is 0 Å². The van der Waals surface area contributed by atoms with Crippen LogP contribution in [0.25, 0.3) is 0 Å². The number of sulfonamides is 1. The van der Waals surface area contributed by atoms with Crippen LogP contribution in [0.2, 0.25) is 0 Å². The monoisotopic (exact) mass is 319 g/mol. The molecule has 1 saturated heterocycles. The van der Waals surface area contributed by atoms with E-state index in [1.165, 1.54) is 0 Å². The molecule has 1 aromatic carbocycles. The number of rotatable bonds is 4. The van der Waals surface area contributed by atoms with Crippen molar-refractivity contribution in [2.45, 2.75) is 17.4 Å².